The molecule has 0 N–H and O–H groups in total. The molecule has 0 heterocycles. The van der Waals surface area contributed by atoms with Crippen LogP contribution in [0.1, 0.15) is 51.9 Å². The van der Waals surface area contributed by atoms with Gasteiger partial charge in [-0.3, -0.25) is 0 Å². The molecular weight excluding hydrogens is 260 g/mol. The summed E-state index contributed by atoms with van der Waals surface area (Å²) in [6.45, 7) is 2.25. The van der Waals surface area contributed by atoms with Crippen LogP contribution < -0.4 is 0 Å². The van der Waals surface area contributed by atoms with Crippen molar-refractivity contribution in [3.63, 3.8) is 0 Å². The van der Waals surface area contributed by atoms with Gasteiger partial charge in [0.1, 0.15) is 0 Å². The molecule has 0 aliphatic heterocycles. The molecule has 0 nitrogen and oxygen atoms in total. The Balaban J connectivity index is 3.26. The zero-order valence-corrected chi connectivity index (χ0v) is 12.1. The van der Waals surface area contributed by atoms with E-state index in [4.69, 9.17) is 0 Å². The van der Waals surface area contributed by atoms with Crippen LogP contribution in [0.3, 0.4) is 0 Å². The topological polar surface area (TPSA) is 0 Å². The van der Waals surface area contributed by atoms with Crippen molar-refractivity contribution in [3.8, 4) is 0 Å². The van der Waals surface area contributed by atoms with Crippen LogP contribution in [0.5, 0.6) is 0 Å². The van der Waals surface area contributed by atoms with E-state index in [-0.39, 0.29) is 0 Å². The lowest BCUT2D eigenvalue weighted by atomic mass is 10.2. The Morgan fingerprint density at radius 1 is 0.750 bits per heavy atom. The van der Waals surface area contributed by atoms with Crippen LogP contribution in [-0.2, 0) is 0 Å². The van der Waals surface area contributed by atoms with Gasteiger partial charge >= 0.3 is 0 Å². The molecule has 0 radical (unpaired) electrons. The van der Waals surface area contributed by atoms with E-state index in [2.05, 4.69) is 59.3 Å². The Labute approximate surface area is 110 Å². The van der Waals surface area contributed by atoms with Crippen LogP contribution in [-0.4, -0.2) is 5.33 Å². The van der Waals surface area contributed by atoms with Crippen molar-refractivity contribution in [3.05, 3.63) is 36.5 Å². The maximum absolute atomic E-state index is 3.40. The molecule has 0 unspecified atom stereocenters. The largest absolute Gasteiger partial charge is 0.0925 e. The minimum absolute atomic E-state index is 1.06. The van der Waals surface area contributed by atoms with E-state index in [1.54, 1.807) is 0 Å². The number of hydrogen-bond donors (Lipinski definition) is 0. The van der Waals surface area contributed by atoms with Gasteiger partial charge in [-0.15, -0.1) is 0 Å². The summed E-state index contributed by atoms with van der Waals surface area (Å²) >= 11 is 3.40. The Hall–Kier alpha value is -0.300. The standard InChI is InChI=1S/C15H25Br/c1-2-3-4-5-6-7-8-9-10-11-12-13-14-15-16/h6-7,9-10,12-13H,2-5,8,11,14-15H2,1H3/b7-6+,10-9+,13-12+. The second-order valence-corrected chi connectivity index (χ2v) is 4.65. The Morgan fingerprint density at radius 3 is 1.88 bits per heavy atom. The Bertz CT molecular complexity index is 201. The second-order valence-electron chi connectivity index (χ2n) is 3.86. The first-order valence-corrected chi connectivity index (χ1v) is 7.55. The highest BCUT2D eigenvalue weighted by Gasteiger charge is 1.80. The van der Waals surface area contributed by atoms with Crippen molar-refractivity contribution < 1.29 is 0 Å². The summed E-state index contributed by atoms with van der Waals surface area (Å²) < 4.78 is 0. The molecule has 92 valence electrons. The lowest BCUT2D eigenvalue weighted by molar-refractivity contribution is 0.728. The van der Waals surface area contributed by atoms with Gasteiger partial charge in [-0.2, -0.15) is 0 Å². The first-order valence-electron chi connectivity index (χ1n) is 6.42. The molecule has 0 aromatic carbocycles. The highest BCUT2D eigenvalue weighted by molar-refractivity contribution is 9.09. The molecule has 0 atom stereocenters. The summed E-state index contributed by atoms with van der Waals surface area (Å²) in [5.41, 5.74) is 0. The van der Waals surface area contributed by atoms with Crippen LogP contribution in [0.2, 0.25) is 0 Å². The molecule has 0 aliphatic carbocycles. The van der Waals surface area contributed by atoms with Gasteiger partial charge in [-0.25, -0.2) is 0 Å². The van der Waals surface area contributed by atoms with E-state index in [9.17, 15) is 0 Å². The SMILES string of the molecule is CCCCC/C=C/C/C=C/C/C=C/CCBr. The highest BCUT2D eigenvalue weighted by Crippen LogP contribution is 2.00. The summed E-state index contributed by atoms with van der Waals surface area (Å²) in [5, 5.41) is 1.06. The van der Waals surface area contributed by atoms with Crippen molar-refractivity contribution in [1.82, 2.24) is 0 Å². The van der Waals surface area contributed by atoms with E-state index >= 15 is 0 Å². The molecule has 0 fully saturated rings. The van der Waals surface area contributed by atoms with Crippen molar-refractivity contribution in [2.24, 2.45) is 0 Å². The van der Waals surface area contributed by atoms with Crippen molar-refractivity contribution >= 4 is 15.9 Å². The summed E-state index contributed by atoms with van der Waals surface area (Å²) in [7, 11) is 0. The molecule has 0 aromatic rings. The van der Waals surface area contributed by atoms with Crippen LogP contribution in [0.25, 0.3) is 0 Å². The fourth-order valence-electron chi connectivity index (χ4n) is 1.35. The molecule has 0 rings (SSSR count). The van der Waals surface area contributed by atoms with E-state index in [1.165, 1.54) is 25.7 Å². The van der Waals surface area contributed by atoms with Gasteiger partial charge in [0.05, 0.1) is 0 Å². The van der Waals surface area contributed by atoms with Gasteiger partial charge in [-0.1, -0.05) is 72.2 Å². The number of rotatable bonds is 10. The van der Waals surface area contributed by atoms with Crippen molar-refractivity contribution in [2.45, 2.75) is 51.9 Å². The predicted octanol–water partition coefficient (Wildman–Crippen LogP) is 5.80. The average Bonchev–Trinajstić information content (AvgIpc) is 2.31. The normalized spacial score (nSPS) is 12.4. The van der Waals surface area contributed by atoms with E-state index in [1.807, 2.05) is 0 Å². The minimum atomic E-state index is 1.06. The molecule has 0 saturated carbocycles. The Kier molecular flexibility index (Phi) is 14.4. The minimum Gasteiger partial charge on any atom is -0.0925 e. The second kappa shape index (κ2) is 14.7. The van der Waals surface area contributed by atoms with E-state index in [0.29, 0.717) is 0 Å². The maximum atomic E-state index is 3.40. The summed E-state index contributed by atoms with van der Waals surface area (Å²) in [4.78, 5) is 0. The fraction of sp³-hybridized carbons (Fsp3) is 0.600. The van der Waals surface area contributed by atoms with Crippen molar-refractivity contribution in [2.75, 3.05) is 5.33 Å². The summed E-state index contributed by atoms with van der Waals surface area (Å²) in [5.74, 6) is 0. The molecule has 0 aliphatic rings. The Morgan fingerprint density at radius 2 is 1.31 bits per heavy atom. The zero-order chi connectivity index (χ0) is 11.9. The summed E-state index contributed by atoms with van der Waals surface area (Å²) in [6, 6.07) is 0. The first-order chi connectivity index (χ1) is 7.91. The summed E-state index contributed by atoms with van der Waals surface area (Å²) in [6.07, 6.45) is 22.0. The van der Waals surface area contributed by atoms with Gasteiger partial charge in [0.15, 0.2) is 0 Å². The average molecular weight is 285 g/mol. The van der Waals surface area contributed by atoms with E-state index < -0.39 is 0 Å². The highest BCUT2D eigenvalue weighted by atomic mass is 79.9. The van der Waals surface area contributed by atoms with Crippen molar-refractivity contribution in [1.29, 1.82) is 0 Å². The van der Waals surface area contributed by atoms with Crippen LogP contribution >= 0.6 is 15.9 Å². The van der Waals surface area contributed by atoms with E-state index in [0.717, 1.165) is 24.6 Å². The molecule has 0 bridgehead atoms. The third-order valence-corrected chi connectivity index (χ3v) is 2.75. The van der Waals surface area contributed by atoms with Gasteiger partial charge < -0.3 is 0 Å². The van der Waals surface area contributed by atoms with Crippen LogP contribution in [0, 0.1) is 0 Å². The number of allylic oxidation sites excluding steroid dienone is 6. The number of halogens is 1. The lowest BCUT2D eigenvalue weighted by Gasteiger charge is -1.90. The van der Waals surface area contributed by atoms with Gasteiger partial charge in [0, 0.05) is 5.33 Å². The van der Waals surface area contributed by atoms with Crippen LogP contribution in [0.4, 0.5) is 0 Å². The first kappa shape index (κ1) is 15.7. The smallest absolute Gasteiger partial charge is 0.00659 e. The maximum Gasteiger partial charge on any atom is 0.00659 e. The molecule has 0 spiro atoms. The molecule has 0 amide bonds. The molecule has 1 heteroatoms. The van der Waals surface area contributed by atoms with Gasteiger partial charge in [0.25, 0.3) is 0 Å². The number of unbranched alkanes of at least 4 members (excludes halogenated alkanes) is 3. The fourth-order valence-corrected chi connectivity index (χ4v) is 1.62. The predicted molar refractivity (Wildman–Crippen MR) is 79.2 cm³/mol. The lowest BCUT2D eigenvalue weighted by Crippen LogP contribution is -1.70. The zero-order valence-electron chi connectivity index (χ0n) is 10.5. The molecular formula is C15H25Br. The van der Waals surface area contributed by atoms with Gasteiger partial charge in [0.2, 0.25) is 0 Å². The van der Waals surface area contributed by atoms with Gasteiger partial charge in [-0.05, 0) is 32.1 Å². The third-order valence-electron chi connectivity index (χ3n) is 2.29. The van der Waals surface area contributed by atoms with Crippen LogP contribution in [0.15, 0.2) is 36.5 Å². The number of alkyl halides is 1. The molecule has 0 saturated heterocycles. The molecule has 0 aromatic heterocycles. The monoisotopic (exact) mass is 284 g/mol. The number of hydrogen-bond acceptors (Lipinski definition) is 0. The third kappa shape index (κ3) is 13.7. The molecule has 16 heavy (non-hydrogen) atoms. The quantitative estimate of drug-likeness (QED) is 0.270.